The van der Waals surface area contributed by atoms with Crippen molar-refractivity contribution in [2.24, 2.45) is 50.7 Å². The lowest BCUT2D eigenvalue weighted by Gasteiger charge is -2.63. The van der Waals surface area contributed by atoms with Crippen LogP contribution in [0.4, 0.5) is 4.79 Å². The largest absolute Gasteiger partial charge is 0.446 e. The minimum absolute atomic E-state index is 0.0122. The van der Waals surface area contributed by atoms with Gasteiger partial charge in [-0.05, 0) is 112 Å². The molecule has 8 fully saturated rings. The van der Waals surface area contributed by atoms with Crippen LogP contribution in [0.15, 0.2) is 0 Å². The second-order valence-electron chi connectivity index (χ2n) is 19.8. The van der Waals surface area contributed by atoms with E-state index in [1.165, 1.54) is 12.8 Å². The zero-order valence-electron chi connectivity index (χ0n) is 31.9. The summed E-state index contributed by atoms with van der Waals surface area (Å²) in [5.74, 6) is 1.63. The van der Waals surface area contributed by atoms with Gasteiger partial charge < -0.3 is 34.1 Å². The molecule has 9 heteroatoms. The quantitative estimate of drug-likeness (QED) is 0.363. The lowest BCUT2D eigenvalue weighted by molar-refractivity contribution is -0.215. The van der Waals surface area contributed by atoms with E-state index in [9.17, 15) is 15.0 Å². The van der Waals surface area contributed by atoms with Crippen molar-refractivity contribution in [3.05, 3.63) is 0 Å². The number of rotatable bonds is 7. The first kappa shape index (κ1) is 35.1. The third-order valence-corrected chi connectivity index (χ3v) is 17.2. The van der Waals surface area contributed by atoms with Crippen LogP contribution < -0.4 is 0 Å². The summed E-state index contributed by atoms with van der Waals surface area (Å²) in [6.45, 7) is 21.6. The summed E-state index contributed by atoms with van der Waals surface area (Å²) >= 11 is 0. The minimum atomic E-state index is -1.03. The predicted molar refractivity (Wildman–Crippen MR) is 186 cm³/mol. The number of aliphatic hydroxyl groups excluding tert-OH is 1. The molecule has 8 aliphatic rings. The average Bonchev–Trinajstić information content (AvgIpc) is 3.61. The molecule has 0 aromatic rings. The average molecular weight is 687 g/mol. The van der Waals surface area contributed by atoms with Crippen LogP contribution in [0, 0.1) is 50.7 Å². The fraction of sp³-hybridized carbons (Fsp3) is 0.975. The summed E-state index contributed by atoms with van der Waals surface area (Å²) in [6, 6.07) is 0.434. The minimum Gasteiger partial charge on any atom is -0.446 e. The van der Waals surface area contributed by atoms with Gasteiger partial charge in [0, 0.05) is 56.8 Å². The van der Waals surface area contributed by atoms with E-state index in [0.717, 1.165) is 64.7 Å². The van der Waals surface area contributed by atoms with Gasteiger partial charge in [0.2, 0.25) is 0 Å². The van der Waals surface area contributed by atoms with Crippen LogP contribution >= 0.6 is 0 Å². The topological polar surface area (TPSA) is 101 Å². The molecule has 0 aromatic carbocycles. The molecule has 2 N–H and O–H groups in total. The van der Waals surface area contributed by atoms with Crippen molar-refractivity contribution >= 4 is 6.09 Å². The Kier molecular flexibility index (Phi) is 8.07. The van der Waals surface area contributed by atoms with Crippen LogP contribution in [-0.2, 0) is 18.9 Å². The molecule has 5 aliphatic carbocycles. The molecule has 0 unspecified atom stereocenters. The maximum absolute atomic E-state index is 13.4. The normalized spacial score (nSPS) is 49.7. The molecule has 3 aliphatic heterocycles. The fourth-order valence-corrected chi connectivity index (χ4v) is 14.6. The molecular weight excluding hydrogens is 620 g/mol. The molecular formula is C40H66N2O7. The van der Waals surface area contributed by atoms with Gasteiger partial charge in [-0.1, -0.05) is 34.6 Å². The van der Waals surface area contributed by atoms with Crippen molar-refractivity contribution < 1.29 is 34.0 Å². The van der Waals surface area contributed by atoms with Gasteiger partial charge in [0.25, 0.3) is 0 Å². The van der Waals surface area contributed by atoms with Gasteiger partial charge in [-0.3, -0.25) is 4.90 Å². The number of carbonyl (C=O) groups excluding carboxylic acids is 1. The van der Waals surface area contributed by atoms with Gasteiger partial charge in [0.05, 0.1) is 30.0 Å². The number of methoxy groups -OCH3 is 1. The van der Waals surface area contributed by atoms with Crippen LogP contribution in [-0.4, -0.2) is 114 Å². The zero-order chi connectivity index (χ0) is 35.1. The number of hydrogen-bond donors (Lipinski definition) is 2. The van der Waals surface area contributed by atoms with Crippen molar-refractivity contribution in [3.63, 3.8) is 0 Å². The summed E-state index contributed by atoms with van der Waals surface area (Å²) in [5.41, 5.74) is -0.850. The summed E-state index contributed by atoms with van der Waals surface area (Å²) in [4.78, 5) is 17.7. The number of ether oxygens (including phenoxy) is 4. The highest BCUT2D eigenvalue weighted by atomic mass is 16.6. The molecule has 3 saturated heterocycles. The molecule has 9 nitrogen and oxygen atoms in total. The molecule has 0 aromatic heterocycles. The number of amides is 1. The lowest BCUT2D eigenvalue weighted by atomic mass is 9.41. The van der Waals surface area contributed by atoms with E-state index in [-0.39, 0.29) is 57.4 Å². The van der Waals surface area contributed by atoms with Crippen molar-refractivity contribution in [3.8, 4) is 0 Å². The Morgan fingerprint density at radius 3 is 2.33 bits per heavy atom. The summed E-state index contributed by atoms with van der Waals surface area (Å²) in [6.07, 6.45) is 7.44. The first-order valence-corrected chi connectivity index (χ1v) is 19.9. The van der Waals surface area contributed by atoms with Gasteiger partial charge in [0.15, 0.2) is 0 Å². The van der Waals surface area contributed by atoms with Crippen molar-refractivity contribution in [1.82, 2.24) is 9.80 Å². The zero-order valence-corrected chi connectivity index (χ0v) is 31.9. The summed E-state index contributed by atoms with van der Waals surface area (Å²) < 4.78 is 24.9. The van der Waals surface area contributed by atoms with Gasteiger partial charge >= 0.3 is 6.09 Å². The number of fused-ring (bicyclic) bond motifs is 4. The fourth-order valence-electron chi connectivity index (χ4n) is 14.6. The second kappa shape index (κ2) is 11.3. The highest BCUT2D eigenvalue weighted by molar-refractivity contribution is 5.69. The van der Waals surface area contributed by atoms with Crippen LogP contribution in [0.5, 0.6) is 0 Å². The van der Waals surface area contributed by atoms with E-state index < -0.39 is 17.8 Å². The molecule has 49 heavy (non-hydrogen) atoms. The summed E-state index contributed by atoms with van der Waals surface area (Å²) in [5, 5.41) is 23.7. The molecule has 0 bridgehead atoms. The number of hydrogen-bond acceptors (Lipinski definition) is 8. The van der Waals surface area contributed by atoms with Gasteiger partial charge in [-0.15, -0.1) is 0 Å². The molecule has 278 valence electrons. The number of aliphatic hydroxyl groups is 2. The van der Waals surface area contributed by atoms with Crippen molar-refractivity contribution in [1.29, 1.82) is 0 Å². The maximum Gasteiger partial charge on any atom is 0.410 e. The van der Waals surface area contributed by atoms with E-state index in [1.807, 2.05) is 25.7 Å². The maximum atomic E-state index is 13.4. The Hall–Kier alpha value is -0.970. The van der Waals surface area contributed by atoms with Crippen LogP contribution in [0.1, 0.15) is 107 Å². The Bertz CT molecular complexity index is 1310. The van der Waals surface area contributed by atoms with E-state index in [1.54, 1.807) is 7.11 Å². The first-order chi connectivity index (χ1) is 23.0. The third-order valence-electron chi connectivity index (χ3n) is 17.2. The van der Waals surface area contributed by atoms with E-state index >= 15 is 0 Å². The molecule has 1 amide bonds. The van der Waals surface area contributed by atoms with Gasteiger partial charge in [0.1, 0.15) is 12.2 Å². The highest BCUT2D eigenvalue weighted by Gasteiger charge is 2.85. The van der Waals surface area contributed by atoms with Crippen LogP contribution in [0.25, 0.3) is 0 Å². The Labute approximate surface area is 295 Å². The third kappa shape index (κ3) is 4.60. The molecule has 5 saturated carbocycles. The van der Waals surface area contributed by atoms with E-state index in [0.29, 0.717) is 36.5 Å². The second-order valence-corrected chi connectivity index (χ2v) is 19.8. The monoisotopic (exact) mass is 686 g/mol. The number of nitrogens with zero attached hydrogens (tertiary/aromatic N) is 2. The molecule has 0 radical (unpaired) electrons. The smallest absolute Gasteiger partial charge is 0.410 e. The van der Waals surface area contributed by atoms with Crippen molar-refractivity contribution in [2.75, 3.05) is 39.9 Å². The standard InChI is InChI=1S/C40H66N2O7/c1-10-47-33(36(5,6)45)26-17-23(2)30-31(48-26)32(43)38(8)28-12-11-27-35(3,4)29(13-14-39(27)22-40(28,39)16-15-37(30,38)7)49-34(44)42-18-24(19-42)41-20-25(21-41)46-9/h23-33,43,45H,10-22H2,1-9H3/t23-,26-,27+,28+,29+,30+,31+,32+,33+,37-,38-,39-,40+/m1/s1. The van der Waals surface area contributed by atoms with Gasteiger partial charge in [-0.25, -0.2) is 4.79 Å². The lowest BCUT2D eigenvalue weighted by Crippen LogP contribution is -2.68. The Morgan fingerprint density at radius 1 is 1.00 bits per heavy atom. The van der Waals surface area contributed by atoms with Gasteiger partial charge in [-0.2, -0.15) is 0 Å². The van der Waals surface area contributed by atoms with Crippen molar-refractivity contribution in [2.45, 2.75) is 155 Å². The number of carbonyl (C=O) groups is 1. The summed E-state index contributed by atoms with van der Waals surface area (Å²) in [7, 11) is 1.78. The van der Waals surface area contributed by atoms with E-state index in [4.69, 9.17) is 18.9 Å². The predicted octanol–water partition coefficient (Wildman–Crippen LogP) is 5.50. The molecule has 13 atom stereocenters. The highest BCUT2D eigenvalue weighted by Crippen LogP contribution is 2.89. The molecule has 3 heterocycles. The number of likely N-dealkylation sites (tertiary alicyclic amines) is 2. The first-order valence-electron chi connectivity index (χ1n) is 19.9. The molecule has 2 spiro atoms. The Balaban J connectivity index is 0.982. The van der Waals surface area contributed by atoms with Crippen LogP contribution in [0.3, 0.4) is 0 Å². The molecule has 8 rings (SSSR count). The van der Waals surface area contributed by atoms with Crippen LogP contribution in [0.2, 0.25) is 0 Å². The van der Waals surface area contributed by atoms with E-state index in [2.05, 4.69) is 39.5 Å². The Morgan fingerprint density at radius 2 is 1.67 bits per heavy atom. The SMILES string of the molecule is CCO[C@@H]([C@H]1C[C@@H](C)[C@H]2[C@H](O1)[C@H](O)[C@@]1(C)[C@@H]3CC[C@H]4C(C)(C)[C@@H](OC(=O)N5CC(N6CC(OC)C6)C5)CC[C@@]45C[C@@]35CC[C@]21C)C(C)(C)O.